The number of carbonyl (C=O) groups is 2. The Morgan fingerprint density at radius 3 is 2.42 bits per heavy atom. The van der Waals surface area contributed by atoms with E-state index in [1.54, 1.807) is 19.1 Å². The smallest absolute Gasteiger partial charge is 0.343 e. The van der Waals surface area contributed by atoms with E-state index in [1.165, 1.54) is 0 Å². The Labute approximate surface area is 189 Å². The predicted molar refractivity (Wildman–Crippen MR) is 116 cm³/mol. The van der Waals surface area contributed by atoms with Crippen LogP contribution in [0.1, 0.15) is 34.5 Å². The zero-order chi connectivity index (χ0) is 23.6. The Morgan fingerprint density at radius 2 is 1.82 bits per heavy atom. The number of amides is 2. The zero-order valence-electron chi connectivity index (χ0n) is 18.5. The van der Waals surface area contributed by atoms with Gasteiger partial charge in [-0.15, -0.1) is 5.10 Å². The minimum Gasteiger partial charge on any atom is -0.493 e. The SMILES string of the molecule is COc1cc2c(cc1OC)CN(C(=O)C1(NC(=O)c3cc([N+](=O)[O-])[nH]n3)CCNCC1)CC2. The van der Waals surface area contributed by atoms with Crippen molar-refractivity contribution < 1.29 is 24.0 Å². The number of hydrogen-bond donors (Lipinski definition) is 3. The fraction of sp³-hybridized carbons (Fsp3) is 0.476. The highest BCUT2D eigenvalue weighted by atomic mass is 16.6. The predicted octanol–water partition coefficient (Wildman–Crippen LogP) is 0.772. The van der Waals surface area contributed by atoms with Crippen molar-refractivity contribution in [2.45, 2.75) is 31.3 Å². The topological polar surface area (TPSA) is 152 Å². The summed E-state index contributed by atoms with van der Waals surface area (Å²) in [5.74, 6) is 0.0471. The van der Waals surface area contributed by atoms with E-state index >= 15 is 0 Å². The zero-order valence-corrected chi connectivity index (χ0v) is 18.5. The van der Waals surface area contributed by atoms with Gasteiger partial charge >= 0.3 is 5.82 Å². The van der Waals surface area contributed by atoms with Crippen molar-refractivity contribution in [3.05, 3.63) is 45.1 Å². The van der Waals surface area contributed by atoms with E-state index in [0.29, 0.717) is 56.9 Å². The minimum absolute atomic E-state index is 0.131. The van der Waals surface area contributed by atoms with Crippen LogP contribution in [0.2, 0.25) is 0 Å². The fourth-order valence-electron chi connectivity index (χ4n) is 4.41. The Balaban J connectivity index is 1.56. The molecule has 0 unspecified atom stereocenters. The first kappa shape index (κ1) is 22.5. The highest BCUT2D eigenvalue weighted by Gasteiger charge is 2.44. The first-order valence-electron chi connectivity index (χ1n) is 10.6. The third-order valence-electron chi connectivity index (χ3n) is 6.22. The normalized spacial score (nSPS) is 17.1. The molecule has 0 atom stereocenters. The summed E-state index contributed by atoms with van der Waals surface area (Å²) in [4.78, 5) is 38.6. The average molecular weight is 458 g/mol. The molecule has 0 radical (unpaired) electrons. The largest absolute Gasteiger partial charge is 0.493 e. The van der Waals surface area contributed by atoms with E-state index < -0.39 is 16.4 Å². The summed E-state index contributed by atoms with van der Waals surface area (Å²) in [5, 5.41) is 22.9. The Morgan fingerprint density at radius 1 is 1.15 bits per heavy atom. The molecule has 12 heteroatoms. The molecule has 33 heavy (non-hydrogen) atoms. The van der Waals surface area contributed by atoms with Crippen LogP contribution in [0, 0.1) is 10.1 Å². The summed E-state index contributed by atoms with van der Waals surface area (Å²) in [6, 6.07) is 4.87. The molecule has 0 bridgehead atoms. The number of nitrogens with one attached hydrogen (secondary N) is 3. The van der Waals surface area contributed by atoms with Crippen molar-refractivity contribution >= 4 is 17.6 Å². The molecule has 1 aromatic carbocycles. The lowest BCUT2D eigenvalue weighted by molar-refractivity contribution is -0.389. The Bertz CT molecular complexity index is 1080. The van der Waals surface area contributed by atoms with Crippen LogP contribution in [0.15, 0.2) is 18.2 Å². The van der Waals surface area contributed by atoms with Crippen molar-refractivity contribution in [2.24, 2.45) is 0 Å². The van der Waals surface area contributed by atoms with E-state index in [9.17, 15) is 19.7 Å². The van der Waals surface area contributed by atoms with Crippen molar-refractivity contribution in [1.82, 2.24) is 25.7 Å². The molecule has 3 heterocycles. The molecular formula is C21H26N6O6. The van der Waals surface area contributed by atoms with E-state index in [2.05, 4.69) is 20.8 Å². The molecule has 2 aromatic rings. The van der Waals surface area contributed by atoms with Crippen LogP contribution < -0.4 is 20.1 Å². The van der Waals surface area contributed by atoms with Crippen LogP contribution in [0.4, 0.5) is 5.82 Å². The number of aromatic amines is 1. The minimum atomic E-state index is -1.12. The van der Waals surface area contributed by atoms with Crippen molar-refractivity contribution in [2.75, 3.05) is 33.9 Å². The molecule has 4 rings (SSSR count). The molecule has 176 valence electrons. The molecule has 0 spiro atoms. The number of fused-ring (bicyclic) bond motifs is 1. The Kier molecular flexibility index (Phi) is 6.18. The van der Waals surface area contributed by atoms with E-state index in [0.717, 1.165) is 17.2 Å². The highest BCUT2D eigenvalue weighted by Crippen LogP contribution is 2.34. The maximum atomic E-state index is 13.7. The van der Waals surface area contributed by atoms with Gasteiger partial charge in [0, 0.05) is 13.1 Å². The van der Waals surface area contributed by atoms with Gasteiger partial charge in [-0.3, -0.25) is 9.59 Å². The number of benzene rings is 1. The number of carbonyl (C=O) groups excluding carboxylic acids is 2. The number of rotatable bonds is 6. The summed E-state index contributed by atoms with van der Waals surface area (Å²) in [6.07, 6.45) is 1.45. The summed E-state index contributed by atoms with van der Waals surface area (Å²) in [6.45, 7) is 2.00. The third-order valence-corrected chi connectivity index (χ3v) is 6.22. The number of aromatic nitrogens is 2. The van der Waals surface area contributed by atoms with Gasteiger partial charge in [0.15, 0.2) is 17.2 Å². The maximum absolute atomic E-state index is 13.7. The van der Waals surface area contributed by atoms with Crippen molar-refractivity contribution in [3.63, 3.8) is 0 Å². The summed E-state index contributed by atoms with van der Waals surface area (Å²) < 4.78 is 10.8. The number of H-pyrrole nitrogens is 1. The molecule has 1 aromatic heterocycles. The first-order valence-corrected chi connectivity index (χ1v) is 10.6. The van der Waals surface area contributed by atoms with Gasteiger partial charge in [-0.1, -0.05) is 5.10 Å². The van der Waals surface area contributed by atoms with Crippen LogP contribution in [0.25, 0.3) is 0 Å². The molecule has 0 aliphatic carbocycles. The van der Waals surface area contributed by atoms with Crippen molar-refractivity contribution in [3.8, 4) is 11.5 Å². The molecule has 3 N–H and O–H groups in total. The van der Waals surface area contributed by atoms with Crippen LogP contribution in [-0.4, -0.2) is 71.2 Å². The molecule has 2 aliphatic heterocycles. The molecule has 1 fully saturated rings. The van der Waals surface area contributed by atoms with Crippen LogP contribution in [-0.2, 0) is 17.8 Å². The molecule has 0 saturated carbocycles. The van der Waals surface area contributed by atoms with Gasteiger partial charge in [0.25, 0.3) is 5.91 Å². The fourth-order valence-corrected chi connectivity index (χ4v) is 4.41. The van der Waals surface area contributed by atoms with Gasteiger partial charge in [0.1, 0.15) is 5.54 Å². The van der Waals surface area contributed by atoms with Gasteiger partial charge in [-0.05, 0) is 60.5 Å². The highest BCUT2D eigenvalue weighted by molar-refractivity contribution is 5.98. The maximum Gasteiger partial charge on any atom is 0.343 e. The average Bonchev–Trinajstić information content (AvgIpc) is 3.34. The van der Waals surface area contributed by atoms with Crippen LogP contribution >= 0.6 is 0 Å². The monoisotopic (exact) mass is 458 g/mol. The van der Waals surface area contributed by atoms with E-state index in [-0.39, 0.29) is 17.4 Å². The molecule has 1 saturated heterocycles. The van der Waals surface area contributed by atoms with E-state index in [4.69, 9.17) is 9.47 Å². The number of nitrogens with zero attached hydrogens (tertiary/aromatic N) is 3. The number of hydrogen-bond acceptors (Lipinski definition) is 8. The third kappa shape index (κ3) is 4.33. The van der Waals surface area contributed by atoms with Gasteiger partial charge in [-0.25, -0.2) is 0 Å². The molecule has 2 aliphatic rings. The van der Waals surface area contributed by atoms with Crippen LogP contribution in [0.5, 0.6) is 11.5 Å². The number of piperidine rings is 1. The molecule has 2 amide bonds. The molecular weight excluding hydrogens is 432 g/mol. The second kappa shape index (κ2) is 9.06. The van der Waals surface area contributed by atoms with Gasteiger partial charge in [0.2, 0.25) is 5.91 Å². The van der Waals surface area contributed by atoms with Gasteiger partial charge < -0.3 is 35.1 Å². The number of ether oxygens (including phenoxy) is 2. The van der Waals surface area contributed by atoms with E-state index in [1.807, 2.05) is 12.1 Å². The second-order valence-corrected chi connectivity index (χ2v) is 8.13. The summed E-state index contributed by atoms with van der Waals surface area (Å²) in [7, 11) is 3.15. The standard InChI is InChI=1S/C21H26N6O6/c1-32-16-9-13-3-8-26(12-14(13)10-17(16)33-2)20(29)21(4-6-22-7-5-21)23-19(28)15-11-18(25-24-15)27(30)31/h9-11,22H,3-8,12H2,1-2H3,(H,23,28)(H,24,25). The second-order valence-electron chi connectivity index (χ2n) is 8.13. The summed E-state index contributed by atoms with van der Waals surface area (Å²) >= 11 is 0. The number of methoxy groups -OCH3 is 2. The lowest BCUT2D eigenvalue weighted by Gasteiger charge is -2.41. The van der Waals surface area contributed by atoms with Crippen LogP contribution in [0.3, 0.4) is 0 Å². The lowest BCUT2D eigenvalue weighted by Crippen LogP contribution is -2.63. The first-order chi connectivity index (χ1) is 15.9. The van der Waals surface area contributed by atoms with Gasteiger partial charge in [-0.2, -0.15) is 0 Å². The number of nitro groups is 1. The Hall–Kier alpha value is -3.67. The summed E-state index contributed by atoms with van der Waals surface area (Å²) in [5.41, 5.74) is 0.798. The molecule has 12 nitrogen and oxygen atoms in total. The quantitative estimate of drug-likeness (QED) is 0.424. The van der Waals surface area contributed by atoms with Gasteiger partial charge in [0.05, 0.1) is 20.3 Å². The van der Waals surface area contributed by atoms with Crippen molar-refractivity contribution in [1.29, 1.82) is 0 Å². The lowest BCUT2D eigenvalue weighted by atomic mass is 9.85.